The Kier molecular flexibility index (Phi) is 9.72. The van der Waals surface area contributed by atoms with E-state index in [1.807, 2.05) is 86.6 Å². The van der Waals surface area contributed by atoms with Crippen LogP contribution in [0.4, 0.5) is 0 Å². The number of hydrogen-bond acceptors (Lipinski definition) is 4. The standard InChI is InChI=1S/C29H34N2O4/c1-4-22(2)30-29(33)27(19-23-12-7-5-8-13-23)31(20-24-14-11-17-26(18-24)34-3)28(32)21-35-25-15-9-6-10-16-25/h5-18,22,27H,4,19-21H2,1-3H3,(H,30,33). The Labute approximate surface area is 207 Å². The fourth-order valence-corrected chi connectivity index (χ4v) is 3.71. The minimum Gasteiger partial charge on any atom is -0.497 e. The third kappa shape index (κ3) is 7.88. The minimum atomic E-state index is -0.704. The summed E-state index contributed by atoms with van der Waals surface area (Å²) >= 11 is 0. The Morgan fingerprint density at radius 2 is 1.51 bits per heavy atom. The highest BCUT2D eigenvalue weighted by molar-refractivity contribution is 5.88. The number of carbonyl (C=O) groups excluding carboxylic acids is 2. The highest BCUT2D eigenvalue weighted by atomic mass is 16.5. The van der Waals surface area contributed by atoms with Gasteiger partial charge in [-0.05, 0) is 48.7 Å². The molecule has 0 saturated heterocycles. The van der Waals surface area contributed by atoms with Crippen molar-refractivity contribution >= 4 is 11.8 Å². The monoisotopic (exact) mass is 474 g/mol. The van der Waals surface area contributed by atoms with Crippen molar-refractivity contribution in [1.29, 1.82) is 0 Å². The van der Waals surface area contributed by atoms with Crippen molar-refractivity contribution in [3.05, 3.63) is 96.1 Å². The molecule has 2 atom stereocenters. The molecule has 0 aliphatic rings. The first-order valence-electron chi connectivity index (χ1n) is 11.9. The first-order valence-corrected chi connectivity index (χ1v) is 11.9. The molecule has 6 heteroatoms. The summed E-state index contributed by atoms with van der Waals surface area (Å²) in [5.74, 6) is 0.848. The fourth-order valence-electron chi connectivity index (χ4n) is 3.71. The Bertz CT molecular complexity index is 1070. The Morgan fingerprint density at radius 1 is 0.886 bits per heavy atom. The van der Waals surface area contributed by atoms with Crippen molar-refractivity contribution in [1.82, 2.24) is 10.2 Å². The van der Waals surface area contributed by atoms with E-state index in [1.54, 1.807) is 24.1 Å². The molecule has 6 nitrogen and oxygen atoms in total. The summed E-state index contributed by atoms with van der Waals surface area (Å²) in [6.45, 7) is 4.06. The van der Waals surface area contributed by atoms with Crippen LogP contribution in [-0.4, -0.2) is 42.5 Å². The quantitative estimate of drug-likeness (QED) is 0.416. The maximum Gasteiger partial charge on any atom is 0.261 e. The van der Waals surface area contributed by atoms with Gasteiger partial charge >= 0.3 is 0 Å². The highest BCUT2D eigenvalue weighted by Gasteiger charge is 2.31. The highest BCUT2D eigenvalue weighted by Crippen LogP contribution is 2.19. The predicted molar refractivity (Wildman–Crippen MR) is 137 cm³/mol. The van der Waals surface area contributed by atoms with Crippen molar-refractivity contribution in [2.75, 3.05) is 13.7 Å². The number of methoxy groups -OCH3 is 1. The average molecular weight is 475 g/mol. The number of hydrogen-bond donors (Lipinski definition) is 1. The Balaban J connectivity index is 1.92. The molecule has 184 valence electrons. The molecule has 0 saturated carbocycles. The molecule has 0 spiro atoms. The van der Waals surface area contributed by atoms with Crippen molar-refractivity contribution < 1.29 is 19.1 Å². The first-order chi connectivity index (χ1) is 17.0. The van der Waals surface area contributed by atoms with Gasteiger partial charge in [-0.2, -0.15) is 0 Å². The lowest BCUT2D eigenvalue weighted by Gasteiger charge is -2.32. The number of para-hydroxylation sites is 1. The van der Waals surface area contributed by atoms with Gasteiger partial charge in [0.05, 0.1) is 7.11 Å². The number of rotatable bonds is 12. The summed E-state index contributed by atoms with van der Waals surface area (Å²) in [6.07, 6.45) is 1.19. The third-order valence-corrected chi connectivity index (χ3v) is 5.86. The molecule has 0 aliphatic heterocycles. The summed E-state index contributed by atoms with van der Waals surface area (Å²) in [5, 5.41) is 3.07. The van der Waals surface area contributed by atoms with Gasteiger partial charge in [-0.3, -0.25) is 9.59 Å². The van der Waals surface area contributed by atoms with E-state index in [-0.39, 0.29) is 31.0 Å². The Hall–Kier alpha value is -3.80. The molecule has 2 amide bonds. The molecular formula is C29H34N2O4. The van der Waals surface area contributed by atoms with E-state index in [0.717, 1.165) is 17.5 Å². The molecule has 3 aromatic carbocycles. The van der Waals surface area contributed by atoms with Gasteiger partial charge in [0.15, 0.2) is 6.61 Å². The second-order valence-electron chi connectivity index (χ2n) is 8.50. The molecule has 0 aliphatic carbocycles. The molecule has 0 radical (unpaired) electrons. The molecule has 1 N–H and O–H groups in total. The van der Waals surface area contributed by atoms with Gasteiger partial charge in [0.2, 0.25) is 5.91 Å². The van der Waals surface area contributed by atoms with Gasteiger partial charge in [0, 0.05) is 19.0 Å². The molecule has 0 aromatic heterocycles. The van der Waals surface area contributed by atoms with Crippen molar-refractivity contribution in [2.24, 2.45) is 0 Å². The molecule has 3 rings (SSSR count). The predicted octanol–water partition coefficient (Wildman–Crippen LogP) is 4.63. The third-order valence-electron chi connectivity index (χ3n) is 5.86. The van der Waals surface area contributed by atoms with Crippen molar-refractivity contribution in [2.45, 2.75) is 45.3 Å². The van der Waals surface area contributed by atoms with Crippen LogP contribution in [0.2, 0.25) is 0 Å². The van der Waals surface area contributed by atoms with Gasteiger partial charge in [0.1, 0.15) is 17.5 Å². The molecule has 0 fully saturated rings. The van der Waals surface area contributed by atoms with E-state index < -0.39 is 6.04 Å². The van der Waals surface area contributed by atoms with E-state index >= 15 is 0 Å². The molecule has 2 unspecified atom stereocenters. The van der Waals surface area contributed by atoms with Crippen LogP contribution in [0, 0.1) is 0 Å². The summed E-state index contributed by atoms with van der Waals surface area (Å²) in [4.78, 5) is 28.6. The number of nitrogens with one attached hydrogen (secondary N) is 1. The lowest BCUT2D eigenvalue weighted by molar-refractivity contribution is -0.143. The van der Waals surface area contributed by atoms with Gasteiger partial charge in [0.25, 0.3) is 5.91 Å². The molecule has 0 bridgehead atoms. The van der Waals surface area contributed by atoms with Gasteiger partial charge in [-0.15, -0.1) is 0 Å². The van der Waals surface area contributed by atoms with Crippen LogP contribution in [0.25, 0.3) is 0 Å². The van der Waals surface area contributed by atoms with E-state index in [2.05, 4.69) is 5.32 Å². The van der Waals surface area contributed by atoms with Crippen LogP contribution < -0.4 is 14.8 Å². The second kappa shape index (κ2) is 13.2. The maximum absolute atomic E-state index is 13.6. The van der Waals surface area contributed by atoms with Crippen LogP contribution in [0.1, 0.15) is 31.4 Å². The number of nitrogens with zero attached hydrogens (tertiary/aromatic N) is 1. The molecule has 35 heavy (non-hydrogen) atoms. The number of benzene rings is 3. The molecule has 3 aromatic rings. The van der Waals surface area contributed by atoms with Gasteiger partial charge in [-0.25, -0.2) is 0 Å². The van der Waals surface area contributed by atoms with Gasteiger partial charge < -0.3 is 19.7 Å². The lowest BCUT2D eigenvalue weighted by atomic mass is 10.0. The topological polar surface area (TPSA) is 67.9 Å². The zero-order valence-corrected chi connectivity index (χ0v) is 20.6. The van der Waals surface area contributed by atoms with Crippen molar-refractivity contribution in [3.8, 4) is 11.5 Å². The summed E-state index contributed by atoms with van der Waals surface area (Å²) < 4.78 is 11.1. The zero-order chi connectivity index (χ0) is 25.0. The van der Waals surface area contributed by atoms with Crippen LogP contribution in [0.15, 0.2) is 84.9 Å². The normalized spacial score (nSPS) is 12.3. The summed E-state index contributed by atoms with van der Waals surface area (Å²) in [5.41, 5.74) is 1.84. The molecule has 0 heterocycles. The minimum absolute atomic E-state index is 0.00452. The lowest BCUT2D eigenvalue weighted by Crippen LogP contribution is -2.53. The first kappa shape index (κ1) is 25.8. The SMILES string of the molecule is CCC(C)NC(=O)C(Cc1ccccc1)N(Cc1cccc(OC)c1)C(=O)COc1ccccc1. The summed E-state index contributed by atoms with van der Waals surface area (Å²) in [6, 6.07) is 25.8. The number of ether oxygens (including phenoxy) is 2. The van der Waals surface area contributed by atoms with Crippen molar-refractivity contribution in [3.63, 3.8) is 0 Å². The fraction of sp³-hybridized carbons (Fsp3) is 0.310. The summed E-state index contributed by atoms with van der Waals surface area (Å²) in [7, 11) is 1.60. The van der Waals surface area contributed by atoms with Crippen LogP contribution >= 0.6 is 0 Å². The van der Waals surface area contributed by atoms with Gasteiger partial charge in [-0.1, -0.05) is 67.6 Å². The van der Waals surface area contributed by atoms with Crippen LogP contribution in [0.3, 0.4) is 0 Å². The average Bonchev–Trinajstić information content (AvgIpc) is 2.90. The van der Waals surface area contributed by atoms with E-state index in [1.165, 1.54) is 0 Å². The number of amides is 2. The Morgan fingerprint density at radius 3 is 2.17 bits per heavy atom. The smallest absolute Gasteiger partial charge is 0.261 e. The second-order valence-corrected chi connectivity index (χ2v) is 8.50. The largest absolute Gasteiger partial charge is 0.497 e. The van der Waals surface area contributed by atoms with E-state index in [4.69, 9.17) is 9.47 Å². The number of carbonyl (C=O) groups is 2. The van der Waals surface area contributed by atoms with Crippen LogP contribution in [-0.2, 0) is 22.6 Å². The van der Waals surface area contributed by atoms with E-state index in [0.29, 0.717) is 17.9 Å². The van der Waals surface area contributed by atoms with Crippen LogP contribution in [0.5, 0.6) is 11.5 Å². The molecular weight excluding hydrogens is 440 g/mol. The zero-order valence-electron chi connectivity index (χ0n) is 20.6. The van der Waals surface area contributed by atoms with E-state index in [9.17, 15) is 9.59 Å². The maximum atomic E-state index is 13.6.